The van der Waals surface area contributed by atoms with Crippen LogP contribution in [0.2, 0.25) is 0 Å². The Morgan fingerprint density at radius 1 is 0.583 bits per heavy atom. The van der Waals surface area contributed by atoms with Crippen LogP contribution in [0.25, 0.3) is 0 Å². The molecule has 0 bridgehead atoms. The lowest BCUT2D eigenvalue weighted by Gasteiger charge is -2.37. The van der Waals surface area contributed by atoms with Crippen LogP contribution in [0.1, 0.15) is 61.8 Å². The summed E-state index contributed by atoms with van der Waals surface area (Å²) in [5, 5.41) is 0. The molecule has 0 aromatic heterocycles. The van der Waals surface area contributed by atoms with Crippen LogP contribution in [-0.4, -0.2) is 26.1 Å². The normalized spacial score (nSPS) is 13.4. The largest absolute Gasteiger partial charge is 0.495 e. The molecule has 0 aliphatic carbocycles. The van der Waals surface area contributed by atoms with Crippen LogP contribution in [0.5, 0.6) is 11.5 Å². The van der Waals surface area contributed by atoms with Gasteiger partial charge in [0.05, 0.1) is 25.6 Å². The number of nitrogens with two attached hydrogens (primary N) is 2. The number of ether oxygens (including phenoxy) is 2. The van der Waals surface area contributed by atoms with E-state index in [2.05, 4.69) is 0 Å². The maximum atomic E-state index is 15.1. The van der Waals surface area contributed by atoms with Gasteiger partial charge in [-0.15, -0.1) is 0 Å². The van der Waals surface area contributed by atoms with E-state index in [9.17, 15) is 17.6 Å². The molecule has 0 aliphatic rings. The van der Waals surface area contributed by atoms with Gasteiger partial charge in [-0.25, -0.2) is 0 Å². The molecule has 12 heteroatoms. The summed E-state index contributed by atoms with van der Waals surface area (Å²) in [5.41, 5.74) is 7.66. The zero-order valence-electron chi connectivity index (χ0n) is 20.5. The summed E-state index contributed by atoms with van der Waals surface area (Å²) in [6.07, 6.45) is 0. The molecule has 0 spiro atoms. The Hall–Kier alpha value is -2.92. The number of rotatable bonds is 9. The second-order valence-corrected chi connectivity index (χ2v) is 8.97. The molecule has 0 saturated heterocycles. The van der Waals surface area contributed by atoms with E-state index < -0.39 is 58.2 Å². The standard InChI is InChI=1S/C24H28F8N2O2/c1-11(2)15-7-13(9-17(35-5)19(15)33)21(25,26)23(29,30)24(31,32)22(27,28)14-8-16(12(3)4)20(34)18(10-14)36-6/h7-12H,33-34H2,1-6H3. The fourth-order valence-electron chi connectivity index (χ4n) is 3.71. The van der Waals surface area contributed by atoms with Crippen LogP contribution in [0.4, 0.5) is 46.5 Å². The van der Waals surface area contributed by atoms with Crippen molar-refractivity contribution in [3.8, 4) is 11.5 Å². The number of benzene rings is 2. The Morgan fingerprint density at radius 3 is 1.08 bits per heavy atom. The maximum Gasteiger partial charge on any atom is 0.382 e. The second kappa shape index (κ2) is 9.51. The first-order valence-electron chi connectivity index (χ1n) is 10.8. The van der Waals surface area contributed by atoms with E-state index in [0.29, 0.717) is 24.3 Å². The average molecular weight is 528 g/mol. The molecule has 0 radical (unpaired) electrons. The molecule has 4 N–H and O–H groups in total. The highest BCUT2D eigenvalue weighted by atomic mass is 19.4. The van der Waals surface area contributed by atoms with Crippen LogP contribution in [-0.2, 0) is 11.8 Å². The molecule has 4 nitrogen and oxygen atoms in total. The lowest BCUT2D eigenvalue weighted by molar-refractivity contribution is -0.374. The van der Waals surface area contributed by atoms with Gasteiger partial charge >= 0.3 is 23.7 Å². The van der Waals surface area contributed by atoms with Crippen molar-refractivity contribution in [2.75, 3.05) is 25.7 Å². The molecular formula is C24H28F8N2O2. The Bertz CT molecular complexity index is 1030. The number of anilines is 2. The van der Waals surface area contributed by atoms with E-state index in [-0.39, 0.29) is 22.5 Å². The Kier molecular flexibility index (Phi) is 7.74. The molecular weight excluding hydrogens is 500 g/mol. The number of halogens is 8. The first kappa shape index (κ1) is 29.3. The van der Waals surface area contributed by atoms with Crippen molar-refractivity contribution in [2.24, 2.45) is 0 Å². The van der Waals surface area contributed by atoms with Crippen molar-refractivity contribution >= 4 is 11.4 Å². The van der Waals surface area contributed by atoms with Gasteiger partial charge in [0.2, 0.25) is 0 Å². The number of nitrogen functional groups attached to an aromatic ring is 2. The van der Waals surface area contributed by atoms with Gasteiger partial charge in [0.15, 0.2) is 0 Å². The van der Waals surface area contributed by atoms with Crippen molar-refractivity contribution in [3.05, 3.63) is 46.5 Å². The Labute approximate surface area is 203 Å². The summed E-state index contributed by atoms with van der Waals surface area (Å²) in [7, 11) is 2.00. The highest BCUT2D eigenvalue weighted by molar-refractivity contribution is 5.63. The van der Waals surface area contributed by atoms with E-state index in [1.807, 2.05) is 0 Å². The van der Waals surface area contributed by atoms with Gasteiger partial charge in [-0.2, -0.15) is 35.1 Å². The molecule has 36 heavy (non-hydrogen) atoms. The molecule has 0 saturated carbocycles. The second-order valence-electron chi connectivity index (χ2n) is 8.97. The van der Waals surface area contributed by atoms with Crippen LogP contribution in [0.3, 0.4) is 0 Å². The maximum absolute atomic E-state index is 15.1. The van der Waals surface area contributed by atoms with Gasteiger partial charge in [0.25, 0.3) is 0 Å². The highest BCUT2D eigenvalue weighted by Crippen LogP contribution is 2.60. The summed E-state index contributed by atoms with van der Waals surface area (Å²) < 4.78 is 130. The molecule has 0 atom stereocenters. The minimum Gasteiger partial charge on any atom is -0.495 e. The van der Waals surface area contributed by atoms with E-state index in [0.717, 1.165) is 14.2 Å². The van der Waals surface area contributed by atoms with Crippen molar-refractivity contribution in [2.45, 2.75) is 63.2 Å². The monoisotopic (exact) mass is 528 g/mol. The molecule has 202 valence electrons. The molecule has 2 aromatic rings. The first-order chi connectivity index (χ1) is 16.3. The van der Waals surface area contributed by atoms with Crippen molar-refractivity contribution in [1.29, 1.82) is 0 Å². The highest BCUT2D eigenvalue weighted by Gasteiger charge is 2.81. The molecule has 0 unspecified atom stereocenters. The van der Waals surface area contributed by atoms with Crippen molar-refractivity contribution < 1.29 is 44.6 Å². The summed E-state index contributed by atoms with van der Waals surface area (Å²) in [6.45, 7) is 5.92. The lowest BCUT2D eigenvalue weighted by atomic mass is 9.87. The lowest BCUT2D eigenvalue weighted by Crippen LogP contribution is -2.59. The number of methoxy groups -OCH3 is 2. The predicted octanol–water partition coefficient (Wildman–Crippen LogP) is 7.27. The topological polar surface area (TPSA) is 70.5 Å². The third kappa shape index (κ3) is 4.39. The van der Waals surface area contributed by atoms with Crippen LogP contribution >= 0.6 is 0 Å². The van der Waals surface area contributed by atoms with Gasteiger partial charge < -0.3 is 20.9 Å². The van der Waals surface area contributed by atoms with Crippen molar-refractivity contribution in [3.63, 3.8) is 0 Å². The van der Waals surface area contributed by atoms with Gasteiger partial charge in [-0.3, -0.25) is 0 Å². The Balaban J connectivity index is 2.75. The quantitative estimate of drug-likeness (QED) is 0.265. The first-order valence-corrected chi connectivity index (χ1v) is 10.8. The third-order valence-corrected chi connectivity index (χ3v) is 5.94. The zero-order valence-corrected chi connectivity index (χ0v) is 20.5. The fraction of sp³-hybridized carbons (Fsp3) is 0.500. The number of alkyl halides is 8. The van der Waals surface area contributed by atoms with E-state index in [1.165, 1.54) is 27.7 Å². The van der Waals surface area contributed by atoms with E-state index >= 15 is 17.6 Å². The van der Waals surface area contributed by atoms with Crippen LogP contribution in [0, 0.1) is 0 Å². The van der Waals surface area contributed by atoms with Gasteiger partial charge in [0.1, 0.15) is 11.5 Å². The molecule has 2 rings (SSSR count). The fourth-order valence-corrected chi connectivity index (χ4v) is 3.71. The minimum atomic E-state index is -6.56. The molecule has 0 amide bonds. The molecule has 0 heterocycles. The minimum absolute atomic E-state index is 0.111. The summed E-state index contributed by atoms with van der Waals surface area (Å²) in [5.74, 6) is -26.9. The SMILES string of the molecule is COc1cc(C(F)(F)C(F)(F)C(F)(F)C(F)(F)c2cc(OC)c(N)c(C(C)C)c2)cc(C(C)C)c1N. The van der Waals surface area contributed by atoms with Gasteiger partial charge in [-0.05, 0) is 47.2 Å². The van der Waals surface area contributed by atoms with Gasteiger partial charge in [0, 0.05) is 11.1 Å². The van der Waals surface area contributed by atoms with Crippen LogP contribution < -0.4 is 20.9 Å². The summed E-state index contributed by atoms with van der Waals surface area (Å²) in [6, 6.07) is 1.61. The average Bonchev–Trinajstić information content (AvgIpc) is 2.78. The summed E-state index contributed by atoms with van der Waals surface area (Å²) >= 11 is 0. The number of hydrogen-bond acceptors (Lipinski definition) is 4. The molecule has 0 aliphatic heterocycles. The summed E-state index contributed by atoms with van der Waals surface area (Å²) in [4.78, 5) is 0. The van der Waals surface area contributed by atoms with E-state index in [4.69, 9.17) is 20.9 Å². The molecule has 0 fully saturated rings. The predicted molar refractivity (Wildman–Crippen MR) is 121 cm³/mol. The smallest absolute Gasteiger partial charge is 0.382 e. The molecule has 2 aromatic carbocycles. The third-order valence-electron chi connectivity index (χ3n) is 5.94. The van der Waals surface area contributed by atoms with Gasteiger partial charge in [-0.1, -0.05) is 27.7 Å². The number of hydrogen-bond donors (Lipinski definition) is 2. The van der Waals surface area contributed by atoms with Crippen molar-refractivity contribution in [1.82, 2.24) is 0 Å². The van der Waals surface area contributed by atoms with E-state index in [1.54, 1.807) is 0 Å². The Morgan fingerprint density at radius 2 is 0.861 bits per heavy atom. The zero-order chi connectivity index (χ0) is 28.0. The van der Waals surface area contributed by atoms with Crippen LogP contribution in [0.15, 0.2) is 24.3 Å².